The van der Waals surface area contributed by atoms with Gasteiger partial charge < -0.3 is 10.2 Å². The maximum Gasteiger partial charge on any atom is 0.258 e. The van der Waals surface area contributed by atoms with Gasteiger partial charge in [0.15, 0.2) is 0 Å². The van der Waals surface area contributed by atoms with Gasteiger partial charge in [0.25, 0.3) is 11.8 Å². The molecule has 1 N–H and O–H groups in total. The van der Waals surface area contributed by atoms with E-state index in [0.29, 0.717) is 23.4 Å². The number of fused-ring (bicyclic) bond motifs is 2. The first-order chi connectivity index (χ1) is 14.7. The lowest BCUT2D eigenvalue weighted by atomic mass is 10.1. The second-order valence-corrected chi connectivity index (χ2v) is 7.43. The van der Waals surface area contributed by atoms with Crippen molar-refractivity contribution in [2.75, 3.05) is 16.8 Å². The molecule has 0 bridgehead atoms. The van der Waals surface area contributed by atoms with Gasteiger partial charge >= 0.3 is 0 Å². The van der Waals surface area contributed by atoms with Crippen LogP contribution in [0.5, 0.6) is 0 Å². The van der Waals surface area contributed by atoms with E-state index in [9.17, 15) is 9.59 Å². The zero-order valence-electron chi connectivity index (χ0n) is 16.3. The van der Waals surface area contributed by atoms with E-state index in [1.54, 1.807) is 24.3 Å². The zero-order chi connectivity index (χ0) is 20.5. The number of carbonyl (C=O) groups is 2. The summed E-state index contributed by atoms with van der Waals surface area (Å²) in [5.41, 5.74) is 4.05. The largest absolute Gasteiger partial charge is 0.322 e. The van der Waals surface area contributed by atoms with Crippen LogP contribution in [-0.4, -0.2) is 18.4 Å². The summed E-state index contributed by atoms with van der Waals surface area (Å²) in [6.45, 7) is 0.693. The third kappa shape index (κ3) is 3.33. The Morgan fingerprint density at radius 1 is 0.733 bits per heavy atom. The van der Waals surface area contributed by atoms with E-state index in [4.69, 9.17) is 0 Å². The molecule has 0 radical (unpaired) electrons. The molecule has 4 aromatic rings. The Morgan fingerprint density at radius 2 is 1.43 bits per heavy atom. The van der Waals surface area contributed by atoms with Gasteiger partial charge in [0.1, 0.15) is 0 Å². The van der Waals surface area contributed by atoms with Crippen LogP contribution in [0.4, 0.5) is 11.4 Å². The van der Waals surface area contributed by atoms with E-state index in [-0.39, 0.29) is 11.8 Å². The fourth-order valence-corrected chi connectivity index (χ4v) is 3.94. The molecule has 5 rings (SSSR count). The molecule has 4 aromatic carbocycles. The van der Waals surface area contributed by atoms with Crippen molar-refractivity contribution in [3.8, 4) is 0 Å². The van der Waals surface area contributed by atoms with E-state index >= 15 is 0 Å². The van der Waals surface area contributed by atoms with E-state index in [1.165, 1.54) is 5.56 Å². The maximum absolute atomic E-state index is 12.9. The average Bonchev–Trinajstić information content (AvgIpc) is 3.23. The number of rotatable bonds is 3. The molecular formula is C26H20N2O2. The van der Waals surface area contributed by atoms with Crippen molar-refractivity contribution in [2.24, 2.45) is 0 Å². The quantitative estimate of drug-likeness (QED) is 0.515. The number of hydrogen-bond acceptors (Lipinski definition) is 2. The van der Waals surface area contributed by atoms with Gasteiger partial charge in [0.05, 0.1) is 0 Å². The van der Waals surface area contributed by atoms with Crippen molar-refractivity contribution < 1.29 is 9.59 Å². The lowest BCUT2D eigenvalue weighted by molar-refractivity contribution is 0.0988. The summed E-state index contributed by atoms with van der Waals surface area (Å²) in [6.07, 6.45) is 0.877. The molecule has 0 fully saturated rings. The van der Waals surface area contributed by atoms with Gasteiger partial charge in [0, 0.05) is 29.0 Å². The fourth-order valence-electron chi connectivity index (χ4n) is 3.94. The number of carbonyl (C=O) groups excluding carboxylic acids is 2. The summed E-state index contributed by atoms with van der Waals surface area (Å²) < 4.78 is 0. The van der Waals surface area contributed by atoms with E-state index in [0.717, 1.165) is 22.9 Å². The number of nitrogens with zero attached hydrogens (tertiary/aromatic N) is 1. The van der Waals surface area contributed by atoms with Crippen LogP contribution in [-0.2, 0) is 6.42 Å². The van der Waals surface area contributed by atoms with Gasteiger partial charge in [0.2, 0.25) is 0 Å². The predicted molar refractivity (Wildman–Crippen MR) is 120 cm³/mol. The highest BCUT2D eigenvalue weighted by atomic mass is 16.2. The lowest BCUT2D eigenvalue weighted by Gasteiger charge is -2.17. The molecule has 2 amide bonds. The number of para-hydroxylation sites is 1. The zero-order valence-corrected chi connectivity index (χ0v) is 16.3. The molecule has 1 heterocycles. The monoisotopic (exact) mass is 392 g/mol. The standard InChI is InChI=1S/C26H20N2O2/c29-25(22-10-9-18-5-1-2-7-21(18)17-22)27-23-13-11-20(12-14-23)26(30)28-16-15-19-6-3-4-8-24(19)28/h1-14,17H,15-16H2,(H,27,29). The van der Waals surface area contributed by atoms with Crippen molar-refractivity contribution in [1.82, 2.24) is 0 Å². The summed E-state index contributed by atoms with van der Waals surface area (Å²) in [4.78, 5) is 27.4. The summed E-state index contributed by atoms with van der Waals surface area (Å²) in [6, 6.07) is 28.7. The minimum Gasteiger partial charge on any atom is -0.322 e. The van der Waals surface area contributed by atoms with Gasteiger partial charge in [-0.3, -0.25) is 9.59 Å². The first-order valence-electron chi connectivity index (χ1n) is 9.99. The Kier molecular flexibility index (Phi) is 4.52. The van der Waals surface area contributed by atoms with Crippen molar-refractivity contribution in [3.05, 3.63) is 108 Å². The SMILES string of the molecule is O=C(Nc1ccc(C(=O)N2CCc3ccccc32)cc1)c1ccc2ccccc2c1. The summed E-state index contributed by atoms with van der Waals surface area (Å²) in [5.74, 6) is -0.194. The van der Waals surface area contributed by atoms with Gasteiger partial charge in [-0.2, -0.15) is 0 Å². The molecule has 146 valence electrons. The fraction of sp³-hybridized carbons (Fsp3) is 0.0769. The summed E-state index contributed by atoms with van der Waals surface area (Å²) in [7, 11) is 0. The van der Waals surface area contributed by atoms with Crippen LogP contribution in [0.2, 0.25) is 0 Å². The molecule has 4 nitrogen and oxygen atoms in total. The maximum atomic E-state index is 12.9. The highest BCUT2D eigenvalue weighted by molar-refractivity contribution is 6.09. The second kappa shape index (κ2) is 7.48. The van der Waals surface area contributed by atoms with Crippen molar-refractivity contribution >= 4 is 34.0 Å². The Morgan fingerprint density at radius 3 is 2.27 bits per heavy atom. The van der Waals surface area contributed by atoms with Crippen LogP contribution in [0.25, 0.3) is 10.8 Å². The Balaban J connectivity index is 1.31. The third-order valence-corrected chi connectivity index (χ3v) is 5.53. The highest BCUT2D eigenvalue weighted by Crippen LogP contribution is 2.29. The van der Waals surface area contributed by atoms with E-state index in [2.05, 4.69) is 11.4 Å². The normalized spacial score (nSPS) is 12.6. The predicted octanol–water partition coefficient (Wildman–Crippen LogP) is 5.30. The van der Waals surface area contributed by atoms with Crippen LogP contribution in [0.3, 0.4) is 0 Å². The molecule has 0 aromatic heterocycles. The molecule has 1 aliphatic heterocycles. The number of anilines is 2. The molecule has 0 atom stereocenters. The first-order valence-corrected chi connectivity index (χ1v) is 9.99. The molecule has 30 heavy (non-hydrogen) atoms. The van der Waals surface area contributed by atoms with Gasteiger partial charge in [-0.15, -0.1) is 0 Å². The molecule has 4 heteroatoms. The van der Waals surface area contributed by atoms with Crippen molar-refractivity contribution in [2.45, 2.75) is 6.42 Å². The Bertz CT molecular complexity index is 1260. The first kappa shape index (κ1) is 18.1. The van der Waals surface area contributed by atoms with E-state index < -0.39 is 0 Å². The van der Waals surface area contributed by atoms with Crippen molar-refractivity contribution in [3.63, 3.8) is 0 Å². The van der Waals surface area contributed by atoms with Crippen molar-refractivity contribution in [1.29, 1.82) is 0 Å². The summed E-state index contributed by atoms with van der Waals surface area (Å²) in [5, 5.41) is 5.03. The van der Waals surface area contributed by atoms with Gasteiger partial charge in [-0.1, -0.05) is 48.5 Å². The number of amides is 2. The molecule has 0 aliphatic carbocycles. The average molecular weight is 392 g/mol. The Labute approximate surface area is 174 Å². The third-order valence-electron chi connectivity index (χ3n) is 5.53. The number of nitrogens with one attached hydrogen (secondary N) is 1. The van der Waals surface area contributed by atoms with Crippen LogP contribution >= 0.6 is 0 Å². The van der Waals surface area contributed by atoms with Crippen LogP contribution in [0.15, 0.2) is 91.0 Å². The molecule has 1 aliphatic rings. The van der Waals surface area contributed by atoms with Crippen LogP contribution in [0.1, 0.15) is 26.3 Å². The molecule has 0 unspecified atom stereocenters. The smallest absolute Gasteiger partial charge is 0.258 e. The Hall–Kier alpha value is -3.92. The number of hydrogen-bond donors (Lipinski definition) is 1. The molecule has 0 saturated carbocycles. The van der Waals surface area contributed by atoms with Gasteiger partial charge in [-0.25, -0.2) is 0 Å². The second-order valence-electron chi connectivity index (χ2n) is 7.43. The van der Waals surface area contributed by atoms with Gasteiger partial charge in [-0.05, 0) is 65.2 Å². The minimum absolute atomic E-state index is 0.0210. The number of benzene rings is 4. The molecular weight excluding hydrogens is 372 g/mol. The van der Waals surface area contributed by atoms with Crippen LogP contribution < -0.4 is 10.2 Å². The summed E-state index contributed by atoms with van der Waals surface area (Å²) >= 11 is 0. The molecule has 0 spiro atoms. The van der Waals surface area contributed by atoms with E-state index in [1.807, 2.05) is 65.6 Å². The lowest BCUT2D eigenvalue weighted by Crippen LogP contribution is -2.28. The highest BCUT2D eigenvalue weighted by Gasteiger charge is 2.25. The van der Waals surface area contributed by atoms with Crippen LogP contribution in [0, 0.1) is 0 Å². The topological polar surface area (TPSA) is 49.4 Å². The minimum atomic E-state index is -0.173. The molecule has 0 saturated heterocycles.